The molecule has 0 saturated heterocycles. The Hall–Kier alpha value is -4.27. The Morgan fingerprint density at radius 3 is 1.39 bits per heavy atom. The van der Waals surface area contributed by atoms with Gasteiger partial charge in [-0.2, -0.15) is 0 Å². The standard InChI is InChI=1S/C34H20OS/c35-36(25-10-2-1-3-11-25)26-19-24-18-17-23-8-5-13-28-27-12-4-7-21-15-16-22-9-6-14-29(33(22)31(21)27)30(20-26)34(24)32(23)28/h1-20H. The number of fused-ring (bicyclic) bond motifs is 2. The fourth-order valence-electron chi connectivity index (χ4n) is 6.04. The number of benzene rings is 7. The lowest BCUT2D eigenvalue weighted by atomic mass is 9.88. The molecule has 36 heavy (non-hydrogen) atoms. The quantitative estimate of drug-likeness (QED) is 0.227. The van der Waals surface area contributed by atoms with Crippen molar-refractivity contribution < 1.29 is 4.21 Å². The Kier molecular flexibility index (Phi) is 4.09. The minimum atomic E-state index is -1.27. The van der Waals surface area contributed by atoms with Crippen molar-refractivity contribution in [2.45, 2.75) is 9.79 Å². The zero-order valence-electron chi connectivity index (χ0n) is 19.4. The van der Waals surface area contributed by atoms with Crippen LogP contribution in [0.4, 0.5) is 0 Å². The summed E-state index contributed by atoms with van der Waals surface area (Å²) in [7, 11) is -1.27. The molecule has 1 atom stereocenters. The van der Waals surface area contributed by atoms with Gasteiger partial charge in [-0.05, 0) is 88.9 Å². The van der Waals surface area contributed by atoms with E-state index in [4.69, 9.17) is 0 Å². The second kappa shape index (κ2) is 7.36. The van der Waals surface area contributed by atoms with Crippen molar-refractivity contribution in [1.82, 2.24) is 0 Å². The zero-order chi connectivity index (χ0) is 23.8. The Morgan fingerprint density at radius 2 is 0.833 bits per heavy atom. The molecule has 168 valence electrons. The summed E-state index contributed by atoms with van der Waals surface area (Å²) in [5.74, 6) is 0. The van der Waals surface area contributed by atoms with Crippen LogP contribution in [-0.2, 0) is 10.8 Å². The van der Waals surface area contributed by atoms with Crippen molar-refractivity contribution in [2.24, 2.45) is 0 Å². The molecule has 0 spiro atoms. The second-order valence-corrected chi connectivity index (χ2v) is 11.0. The first-order valence-electron chi connectivity index (χ1n) is 12.2. The van der Waals surface area contributed by atoms with Gasteiger partial charge in [0.2, 0.25) is 0 Å². The molecule has 0 bridgehead atoms. The van der Waals surface area contributed by atoms with Gasteiger partial charge in [-0.15, -0.1) is 0 Å². The van der Waals surface area contributed by atoms with Gasteiger partial charge in [-0.3, -0.25) is 0 Å². The smallest absolute Gasteiger partial charge is 0.0850 e. The minimum absolute atomic E-state index is 0.821. The summed E-state index contributed by atoms with van der Waals surface area (Å²) in [6, 6.07) is 42.7. The van der Waals surface area contributed by atoms with E-state index in [2.05, 4.69) is 91.0 Å². The van der Waals surface area contributed by atoms with E-state index in [0.717, 1.165) is 20.6 Å². The molecule has 0 amide bonds. The maximum Gasteiger partial charge on any atom is 0.0850 e. The van der Waals surface area contributed by atoms with Gasteiger partial charge in [-0.1, -0.05) is 97.1 Å². The second-order valence-electron chi connectivity index (χ2n) is 9.49. The van der Waals surface area contributed by atoms with Gasteiger partial charge in [0, 0.05) is 9.79 Å². The molecule has 8 aromatic carbocycles. The first kappa shape index (κ1) is 20.0. The highest BCUT2D eigenvalue weighted by Gasteiger charge is 2.17. The van der Waals surface area contributed by atoms with Crippen molar-refractivity contribution in [2.75, 3.05) is 0 Å². The van der Waals surface area contributed by atoms with Crippen LogP contribution in [0.3, 0.4) is 0 Å². The number of hydrogen-bond donors (Lipinski definition) is 0. The fraction of sp³-hybridized carbons (Fsp3) is 0. The highest BCUT2D eigenvalue weighted by atomic mass is 32.2. The Balaban J connectivity index is 1.70. The summed E-state index contributed by atoms with van der Waals surface area (Å²) in [6.45, 7) is 0. The summed E-state index contributed by atoms with van der Waals surface area (Å²) in [5, 5.41) is 14.7. The van der Waals surface area contributed by atoms with Gasteiger partial charge in [-0.25, -0.2) is 4.21 Å². The third-order valence-corrected chi connectivity index (χ3v) is 8.93. The average Bonchev–Trinajstić information content (AvgIpc) is 2.94. The van der Waals surface area contributed by atoms with Gasteiger partial charge in [0.15, 0.2) is 0 Å². The first-order valence-corrected chi connectivity index (χ1v) is 13.3. The van der Waals surface area contributed by atoms with Crippen LogP contribution in [0, 0.1) is 0 Å². The van der Waals surface area contributed by atoms with E-state index < -0.39 is 10.8 Å². The predicted molar refractivity (Wildman–Crippen MR) is 154 cm³/mol. The molecule has 0 radical (unpaired) electrons. The predicted octanol–water partition coefficient (Wildman–Crippen LogP) is 9.21. The Morgan fingerprint density at radius 1 is 0.361 bits per heavy atom. The Bertz CT molecular complexity index is 2150. The molecular formula is C34H20OS. The molecule has 2 heteroatoms. The van der Waals surface area contributed by atoms with Crippen molar-refractivity contribution in [1.29, 1.82) is 0 Å². The van der Waals surface area contributed by atoms with Crippen LogP contribution in [0.15, 0.2) is 131 Å². The molecule has 0 aliphatic rings. The lowest BCUT2D eigenvalue weighted by Crippen LogP contribution is -1.94. The highest BCUT2D eigenvalue weighted by Crippen LogP contribution is 2.43. The maximum absolute atomic E-state index is 13.7. The topological polar surface area (TPSA) is 17.1 Å². The van der Waals surface area contributed by atoms with Crippen LogP contribution in [0.5, 0.6) is 0 Å². The van der Waals surface area contributed by atoms with E-state index in [0.29, 0.717) is 0 Å². The van der Waals surface area contributed by atoms with E-state index in [1.807, 2.05) is 30.3 Å². The summed E-state index contributed by atoms with van der Waals surface area (Å²) in [4.78, 5) is 1.65. The molecule has 1 unspecified atom stereocenters. The van der Waals surface area contributed by atoms with E-state index in [1.165, 1.54) is 53.9 Å². The van der Waals surface area contributed by atoms with Crippen LogP contribution in [-0.4, -0.2) is 4.21 Å². The molecule has 0 aromatic heterocycles. The van der Waals surface area contributed by atoms with Crippen molar-refractivity contribution in [3.8, 4) is 0 Å². The summed E-state index contributed by atoms with van der Waals surface area (Å²) >= 11 is 0. The average molecular weight is 477 g/mol. The molecule has 1 nitrogen and oxygen atoms in total. The van der Waals surface area contributed by atoms with Crippen molar-refractivity contribution in [3.63, 3.8) is 0 Å². The maximum atomic E-state index is 13.7. The molecule has 0 fully saturated rings. The highest BCUT2D eigenvalue weighted by molar-refractivity contribution is 7.85. The first-order chi connectivity index (χ1) is 17.8. The van der Waals surface area contributed by atoms with E-state index in [1.54, 1.807) is 0 Å². The summed E-state index contributed by atoms with van der Waals surface area (Å²) in [5.41, 5.74) is 0. The van der Waals surface area contributed by atoms with Gasteiger partial charge in [0.1, 0.15) is 0 Å². The van der Waals surface area contributed by atoms with Gasteiger partial charge < -0.3 is 0 Å². The summed E-state index contributed by atoms with van der Waals surface area (Å²) in [6.07, 6.45) is 0. The fourth-order valence-corrected chi connectivity index (χ4v) is 7.18. The Labute approximate surface area is 210 Å². The molecule has 0 heterocycles. The van der Waals surface area contributed by atoms with Crippen molar-refractivity contribution >= 4 is 75.4 Å². The normalized spacial score (nSPS) is 13.0. The van der Waals surface area contributed by atoms with Crippen LogP contribution in [0.1, 0.15) is 0 Å². The van der Waals surface area contributed by atoms with Crippen LogP contribution in [0.2, 0.25) is 0 Å². The monoisotopic (exact) mass is 476 g/mol. The van der Waals surface area contributed by atoms with Gasteiger partial charge in [0.25, 0.3) is 0 Å². The number of rotatable bonds is 2. The molecule has 8 aromatic rings. The number of hydrogen-bond acceptors (Lipinski definition) is 1. The molecule has 0 aliphatic heterocycles. The van der Waals surface area contributed by atoms with Crippen LogP contribution in [0.25, 0.3) is 64.6 Å². The van der Waals surface area contributed by atoms with Gasteiger partial charge in [0.05, 0.1) is 10.8 Å². The molecule has 0 aliphatic carbocycles. The third kappa shape index (κ3) is 2.68. The third-order valence-electron chi connectivity index (χ3n) is 7.57. The summed E-state index contributed by atoms with van der Waals surface area (Å²) < 4.78 is 13.7. The van der Waals surface area contributed by atoms with Crippen LogP contribution >= 0.6 is 0 Å². The van der Waals surface area contributed by atoms with E-state index in [9.17, 15) is 4.21 Å². The van der Waals surface area contributed by atoms with Crippen molar-refractivity contribution in [3.05, 3.63) is 121 Å². The lowest BCUT2D eigenvalue weighted by Gasteiger charge is -2.16. The van der Waals surface area contributed by atoms with Gasteiger partial charge >= 0.3 is 0 Å². The van der Waals surface area contributed by atoms with E-state index in [-0.39, 0.29) is 0 Å². The van der Waals surface area contributed by atoms with Crippen LogP contribution < -0.4 is 0 Å². The van der Waals surface area contributed by atoms with E-state index >= 15 is 0 Å². The minimum Gasteiger partial charge on any atom is -0.249 e. The largest absolute Gasteiger partial charge is 0.249 e. The molecular weight excluding hydrogens is 456 g/mol. The SMILES string of the molecule is O=S(c1ccccc1)c1cc2ccc3cccc4c5cccc6ccc7cccc(c(c1)c2c34)c7c65. The molecule has 0 saturated carbocycles. The molecule has 0 N–H and O–H groups in total. The lowest BCUT2D eigenvalue weighted by molar-refractivity contribution is 0.683. The zero-order valence-corrected chi connectivity index (χ0v) is 20.2. The molecule has 8 rings (SSSR count).